The van der Waals surface area contributed by atoms with Crippen LogP contribution in [0.3, 0.4) is 0 Å². The summed E-state index contributed by atoms with van der Waals surface area (Å²) in [6.45, 7) is 0. The van der Waals surface area contributed by atoms with E-state index in [-0.39, 0.29) is 11.3 Å². The number of hydrogen-bond acceptors (Lipinski definition) is 7. The number of carbonyl (C=O) groups excluding carboxylic acids is 1. The summed E-state index contributed by atoms with van der Waals surface area (Å²) in [5.41, 5.74) is 2.06. The highest BCUT2D eigenvalue weighted by Gasteiger charge is 2.11. The van der Waals surface area contributed by atoms with Crippen LogP contribution >= 0.6 is 0 Å². The molecule has 1 aromatic carbocycles. The van der Waals surface area contributed by atoms with Gasteiger partial charge in [0.15, 0.2) is 0 Å². The molecule has 1 amide bonds. The van der Waals surface area contributed by atoms with Gasteiger partial charge in [0, 0.05) is 23.5 Å². The number of anilines is 3. The van der Waals surface area contributed by atoms with E-state index in [1.54, 1.807) is 48.5 Å². The van der Waals surface area contributed by atoms with Crippen molar-refractivity contribution >= 4 is 23.2 Å². The third kappa shape index (κ3) is 4.95. The minimum Gasteiger partial charge on any atom is -0.325 e. The molecule has 8 nitrogen and oxygen atoms in total. The van der Waals surface area contributed by atoms with Gasteiger partial charge >= 0.3 is 0 Å². The number of nitrogens with zero attached hydrogens (tertiary/aromatic N) is 5. The van der Waals surface area contributed by atoms with Crippen molar-refractivity contribution in [2.45, 2.75) is 0 Å². The Morgan fingerprint density at radius 1 is 0.939 bits per heavy atom. The van der Waals surface area contributed by atoms with E-state index in [0.717, 1.165) is 0 Å². The fourth-order valence-corrected chi connectivity index (χ4v) is 2.99. The minimum absolute atomic E-state index is 0.0483. The lowest BCUT2D eigenvalue weighted by molar-refractivity contribution is 0.102. The topological polar surface area (TPSA) is 127 Å². The SMILES string of the molecule is N#Cc1cccc(Nc2cc(C(=O)Nc3cncc(-c4ccc(C#N)c(F)c4)c3)ccn2)n1. The number of hydrogen-bond donors (Lipinski definition) is 2. The van der Waals surface area contributed by atoms with Crippen molar-refractivity contribution in [3.05, 3.63) is 95.8 Å². The van der Waals surface area contributed by atoms with Crippen LogP contribution in [0.5, 0.6) is 0 Å². The standard InChI is InChI=1S/C24H14FN7O/c25-21-9-15(4-5-17(21)11-26)18-8-20(14-28-13-18)31-24(33)16-6-7-29-23(10-16)32-22-3-1-2-19(12-27)30-22/h1-10,13-14H,(H,31,33)(H,29,30,32). The van der Waals surface area contributed by atoms with Gasteiger partial charge in [-0.15, -0.1) is 0 Å². The highest BCUT2D eigenvalue weighted by Crippen LogP contribution is 2.24. The van der Waals surface area contributed by atoms with Crippen LogP contribution in [0.25, 0.3) is 11.1 Å². The van der Waals surface area contributed by atoms with Crippen molar-refractivity contribution in [3.63, 3.8) is 0 Å². The average molecular weight is 435 g/mol. The number of benzene rings is 1. The molecule has 0 saturated heterocycles. The third-order valence-electron chi connectivity index (χ3n) is 4.56. The first-order chi connectivity index (χ1) is 16.1. The number of carbonyl (C=O) groups is 1. The lowest BCUT2D eigenvalue weighted by Crippen LogP contribution is -2.12. The number of nitriles is 2. The summed E-state index contributed by atoms with van der Waals surface area (Å²) >= 11 is 0. The molecule has 2 N–H and O–H groups in total. The predicted octanol–water partition coefficient (Wildman–Crippen LogP) is 4.42. The van der Waals surface area contributed by atoms with Gasteiger partial charge in [0.25, 0.3) is 5.91 Å². The smallest absolute Gasteiger partial charge is 0.255 e. The van der Waals surface area contributed by atoms with E-state index in [4.69, 9.17) is 10.5 Å². The molecule has 0 unspecified atom stereocenters. The van der Waals surface area contributed by atoms with Crippen molar-refractivity contribution in [3.8, 4) is 23.3 Å². The van der Waals surface area contributed by atoms with Gasteiger partial charge in [0.05, 0.1) is 17.4 Å². The molecule has 9 heteroatoms. The van der Waals surface area contributed by atoms with Crippen LogP contribution in [-0.4, -0.2) is 20.9 Å². The molecule has 0 bridgehead atoms. The fourth-order valence-electron chi connectivity index (χ4n) is 2.99. The van der Waals surface area contributed by atoms with Gasteiger partial charge in [0.1, 0.15) is 35.3 Å². The van der Waals surface area contributed by atoms with Crippen LogP contribution in [0.2, 0.25) is 0 Å². The average Bonchev–Trinajstić information content (AvgIpc) is 2.84. The maximum Gasteiger partial charge on any atom is 0.255 e. The molecule has 3 aromatic heterocycles. The molecule has 0 fully saturated rings. The molecular formula is C24H14FN7O. The first-order valence-corrected chi connectivity index (χ1v) is 9.62. The van der Waals surface area contributed by atoms with Gasteiger partial charge in [-0.3, -0.25) is 9.78 Å². The molecular weight excluding hydrogens is 421 g/mol. The van der Waals surface area contributed by atoms with Gasteiger partial charge < -0.3 is 10.6 Å². The molecule has 0 aliphatic heterocycles. The predicted molar refractivity (Wildman–Crippen MR) is 119 cm³/mol. The number of aromatic nitrogens is 3. The Kier molecular flexibility index (Phi) is 5.97. The number of rotatable bonds is 5. The van der Waals surface area contributed by atoms with Crippen molar-refractivity contribution in [2.24, 2.45) is 0 Å². The van der Waals surface area contributed by atoms with Crippen LogP contribution in [0.15, 0.2) is 73.2 Å². The molecule has 0 atom stereocenters. The Labute approximate surface area is 188 Å². The number of halogens is 1. The second-order valence-corrected chi connectivity index (χ2v) is 6.80. The Bertz CT molecular complexity index is 1440. The number of nitrogens with one attached hydrogen (secondary N) is 2. The van der Waals surface area contributed by atoms with Crippen molar-refractivity contribution in [2.75, 3.05) is 10.6 Å². The van der Waals surface area contributed by atoms with E-state index in [0.29, 0.717) is 34.0 Å². The largest absolute Gasteiger partial charge is 0.325 e. The zero-order valence-electron chi connectivity index (χ0n) is 17.0. The molecule has 4 rings (SSSR count). The van der Waals surface area contributed by atoms with Crippen molar-refractivity contribution < 1.29 is 9.18 Å². The summed E-state index contributed by atoms with van der Waals surface area (Å²) in [6, 6.07) is 17.7. The zero-order chi connectivity index (χ0) is 23.2. The lowest BCUT2D eigenvalue weighted by Gasteiger charge is -2.09. The zero-order valence-corrected chi connectivity index (χ0v) is 17.0. The molecule has 3 heterocycles. The summed E-state index contributed by atoms with van der Waals surface area (Å²) < 4.78 is 14.0. The molecule has 33 heavy (non-hydrogen) atoms. The lowest BCUT2D eigenvalue weighted by atomic mass is 10.1. The monoisotopic (exact) mass is 435 g/mol. The first kappa shape index (κ1) is 21.1. The molecule has 4 aromatic rings. The summed E-state index contributed by atoms with van der Waals surface area (Å²) in [5, 5.41) is 23.6. The normalized spacial score (nSPS) is 10.0. The molecule has 0 aliphatic carbocycles. The van der Waals surface area contributed by atoms with E-state index < -0.39 is 11.7 Å². The van der Waals surface area contributed by atoms with Crippen LogP contribution in [0.4, 0.5) is 21.7 Å². The molecule has 0 saturated carbocycles. The summed E-state index contributed by atoms with van der Waals surface area (Å²) in [7, 11) is 0. The van der Waals surface area contributed by atoms with Crippen LogP contribution < -0.4 is 10.6 Å². The van der Waals surface area contributed by atoms with Crippen LogP contribution in [0.1, 0.15) is 21.6 Å². The maximum atomic E-state index is 14.0. The second kappa shape index (κ2) is 9.33. The Balaban J connectivity index is 1.51. The van der Waals surface area contributed by atoms with Gasteiger partial charge in [-0.2, -0.15) is 10.5 Å². The van der Waals surface area contributed by atoms with E-state index in [9.17, 15) is 9.18 Å². The number of pyridine rings is 3. The van der Waals surface area contributed by atoms with E-state index in [1.165, 1.54) is 30.7 Å². The summed E-state index contributed by atoms with van der Waals surface area (Å²) in [5.74, 6) is -0.226. The maximum absolute atomic E-state index is 14.0. The summed E-state index contributed by atoms with van der Waals surface area (Å²) in [6.07, 6.45) is 4.48. The highest BCUT2D eigenvalue weighted by molar-refractivity contribution is 6.04. The Morgan fingerprint density at radius 2 is 1.82 bits per heavy atom. The minimum atomic E-state index is -0.629. The van der Waals surface area contributed by atoms with Crippen molar-refractivity contribution in [1.82, 2.24) is 15.0 Å². The molecule has 0 spiro atoms. The van der Waals surface area contributed by atoms with E-state index in [1.807, 2.05) is 6.07 Å². The van der Waals surface area contributed by atoms with E-state index in [2.05, 4.69) is 25.6 Å². The second-order valence-electron chi connectivity index (χ2n) is 6.80. The highest BCUT2D eigenvalue weighted by atomic mass is 19.1. The van der Waals surface area contributed by atoms with Gasteiger partial charge in [-0.25, -0.2) is 14.4 Å². The third-order valence-corrected chi connectivity index (χ3v) is 4.56. The quantitative estimate of drug-likeness (QED) is 0.475. The van der Waals surface area contributed by atoms with Crippen LogP contribution in [0, 0.1) is 28.5 Å². The van der Waals surface area contributed by atoms with Crippen molar-refractivity contribution in [1.29, 1.82) is 10.5 Å². The molecule has 0 aliphatic rings. The first-order valence-electron chi connectivity index (χ1n) is 9.62. The Hall–Kier alpha value is -5.15. The van der Waals surface area contributed by atoms with Gasteiger partial charge in [-0.05, 0) is 48.0 Å². The molecule has 158 valence electrons. The Morgan fingerprint density at radius 3 is 2.61 bits per heavy atom. The number of amides is 1. The summed E-state index contributed by atoms with van der Waals surface area (Å²) in [4.78, 5) is 25.2. The van der Waals surface area contributed by atoms with Gasteiger partial charge in [0.2, 0.25) is 0 Å². The van der Waals surface area contributed by atoms with Crippen LogP contribution in [-0.2, 0) is 0 Å². The van der Waals surface area contributed by atoms with E-state index >= 15 is 0 Å². The fraction of sp³-hybridized carbons (Fsp3) is 0. The van der Waals surface area contributed by atoms with Gasteiger partial charge in [-0.1, -0.05) is 12.1 Å². The molecule has 0 radical (unpaired) electrons.